The lowest BCUT2D eigenvalue weighted by atomic mass is 10.3. The summed E-state index contributed by atoms with van der Waals surface area (Å²) in [5, 5.41) is 0.544. The van der Waals surface area contributed by atoms with Gasteiger partial charge in [-0.05, 0) is 25.1 Å². The average molecular weight is 198 g/mol. The highest BCUT2D eigenvalue weighted by Crippen LogP contribution is 2.25. The van der Waals surface area contributed by atoms with E-state index in [0.717, 1.165) is 0 Å². The fourth-order valence-electron chi connectivity index (χ4n) is 0.683. The van der Waals surface area contributed by atoms with Gasteiger partial charge in [0.25, 0.3) is 0 Å². The maximum atomic E-state index is 5.72. The second-order valence-electron chi connectivity index (χ2n) is 2.18. The standard InChI is InChI=1S/C7H8ClNO.C3H4/c1-10-7-3-2-5(9)4-6(7)8;1-3-2/h2-4H,9H2,1H3;1H,2H3. The second kappa shape index (κ2) is 6.22. The molecule has 0 bridgehead atoms. The molecular formula is C10H12ClNO. The lowest BCUT2D eigenvalue weighted by molar-refractivity contribution is 0.415. The Kier molecular flexibility index (Phi) is 5.58. The maximum Gasteiger partial charge on any atom is 0.137 e. The van der Waals surface area contributed by atoms with Gasteiger partial charge in [0.1, 0.15) is 5.75 Å². The number of ether oxygens (including phenoxy) is 1. The molecule has 1 aromatic rings. The Morgan fingerprint density at radius 1 is 1.54 bits per heavy atom. The summed E-state index contributed by atoms with van der Waals surface area (Å²) >= 11 is 5.72. The van der Waals surface area contributed by atoms with Gasteiger partial charge in [-0.15, -0.1) is 12.3 Å². The Balaban J connectivity index is 0.000000424. The van der Waals surface area contributed by atoms with Crippen molar-refractivity contribution in [3.05, 3.63) is 23.2 Å². The van der Waals surface area contributed by atoms with E-state index in [4.69, 9.17) is 22.1 Å². The highest BCUT2D eigenvalue weighted by Gasteiger charge is 1.97. The molecule has 0 aliphatic rings. The van der Waals surface area contributed by atoms with E-state index in [-0.39, 0.29) is 0 Å². The zero-order chi connectivity index (χ0) is 10.3. The van der Waals surface area contributed by atoms with Crippen molar-refractivity contribution in [2.75, 3.05) is 12.8 Å². The van der Waals surface area contributed by atoms with Crippen molar-refractivity contribution in [1.29, 1.82) is 0 Å². The Bertz CT molecular complexity index is 304. The molecule has 3 heteroatoms. The van der Waals surface area contributed by atoms with Crippen LogP contribution in [0.4, 0.5) is 5.69 Å². The number of terminal acetylenes is 1. The largest absolute Gasteiger partial charge is 0.495 e. The number of rotatable bonds is 1. The number of halogens is 1. The van der Waals surface area contributed by atoms with Crippen LogP contribution in [0, 0.1) is 12.3 Å². The van der Waals surface area contributed by atoms with E-state index >= 15 is 0 Å². The van der Waals surface area contributed by atoms with Gasteiger partial charge in [0, 0.05) is 5.69 Å². The first-order valence-electron chi connectivity index (χ1n) is 3.62. The summed E-state index contributed by atoms with van der Waals surface area (Å²) < 4.78 is 4.91. The van der Waals surface area contributed by atoms with E-state index in [0.29, 0.717) is 16.5 Å². The molecule has 0 heterocycles. The number of benzene rings is 1. The summed E-state index contributed by atoms with van der Waals surface area (Å²) in [5.74, 6) is 2.90. The van der Waals surface area contributed by atoms with Crippen LogP contribution in [0.1, 0.15) is 6.92 Å². The summed E-state index contributed by atoms with van der Waals surface area (Å²) in [6.45, 7) is 1.65. The van der Waals surface area contributed by atoms with Crippen molar-refractivity contribution in [1.82, 2.24) is 0 Å². The fourth-order valence-corrected chi connectivity index (χ4v) is 0.949. The summed E-state index contributed by atoms with van der Waals surface area (Å²) in [6, 6.07) is 5.13. The Labute approximate surface area is 83.7 Å². The van der Waals surface area contributed by atoms with Gasteiger partial charge in [-0.25, -0.2) is 0 Å². The molecule has 0 aliphatic carbocycles. The smallest absolute Gasteiger partial charge is 0.137 e. The first-order valence-corrected chi connectivity index (χ1v) is 3.99. The van der Waals surface area contributed by atoms with Gasteiger partial charge in [-0.3, -0.25) is 0 Å². The molecule has 0 saturated carbocycles. The van der Waals surface area contributed by atoms with Crippen molar-refractivity contribution in [3.8, 4) is 18.1 Å². The van der Waals surface area contributed by atoms with E-state index in [2.05, 4.69) is 12.3 Å². The molecule has 0 fully saturated rings. The van der Waals surface area contributed by atoms with E-state index < -0.39 is 0 Å². The highest BCUT2D eigenvalue weighted by molar-refractivity contribution is 6.32. The van der Waals surface area contributed by atoms with Gasteiger partial charge in [0.15, 0.2) is 0 Å². The van der Waals surface area contributed by atoms with Crippen LogP contribution in [-0.2, 0) is 0 Å². The molecule has 1 rings (SSSR count). The zero-order valence-corrected chi connectivity index (χ0v) is 8.43. The Morgan fingerprint density at radius 2 is 2.08 bits per heavy atom. The van der Waals surface area contributed by atoms with Crippen molar-refractivity contribution in [2.45, 2.75) is 6.92 Å². The molecule has 0 atom stereocenters. The van der Waals surface area contributed by atoms with Crippen LogP contribution in [0.3, 0.4) is 0 Å². The zero-order valence-electron chi connectivity index (χ0n) is 7.67. The molecule has 13 heavy (non-hydrogen) atoms. The molecule has 2 nitrogen and oxygen atoms in total. The molecule has 0 aliphatic heterocycles. The fraction of sp³-hybridized carbons (Fsp3) is 0.200. The lowest BCUT2D eigenvalue weighted by Gasteiger charge is -2.01. The summed E-state index contributed by atoms with van der Waals surface area (Å²) in [6.07, 6.45) is 4.60. The van der Waals surface area contributed by atoms with Crippen molar-refractivity contribution >= 4 is 17.3 Å². The number of hydrogen-bond acceptors (Lipinski definition) is 2. The first-order chi connectivity index (χ1) is 6.15. The van der Waals surface area contributed by atoms with Gasteiger partial charge >= 0.3 is 0 Å². The molecule has 0 radical (unpaired) electrons. The van der Waals surface area contributed by atoms with Gasteiger partial charge in [0.05, 0.1) is 12.1 Å². The van der Waals surface area contributed by atoms with Crippen LogP contribution >= 0.6 is 11.6 Å². The maximum absolute atomic E-state index is 5.72. The minimum Gasteiger partial charge on any atom is -0.495 e. The number of methoxy groups -OCH3 is 1. The molecule has 2 N–H and O–H groups in total. The quantitative estimate of drug-likeness (QED) is 0.555. The van der Waals surface area contributed by atoms with E-state index in [1.54, 1.807) is 32.2 Å². The minimum absolute atomic E-state index is 0.544. The molecule has 0 aromatic heterocycles. The van der Waals surface area contributed by atoms with Crippen LogP contribution in [-0.4, -0.2) is 7.11 Å². The normalized spacial score (nSPS) is 7.85. The van der Waals surface area contributed by atoms with Gasteiger partial charge in [0.2, 0.25) is 0 Å². The highest BCUT2D eigenvalue weighted by atomic mass is 35.5. The molecule has 0 saturated heterocycles. The van der Waals surface area contributed by atoms with E-state index in [1.807, 2.05) is 0 Å². The van der Waals surface area contributed by atoms with Gasteiger partial charge < -0.3 is 10.5 Å². The molecule has 70 valence electrons. The number of anilines is 1. The second-order valence-corrected chi connectivity index (χ2v) is 2.59. The molecule has 0 amide bonds. The van der Waals surface area contributed by atoms with Crippen LogP contribution in [0.5, 0.6) is 5.75 Å². The third-order valence-electron chi connectivity index (χ3n) is 1.18. The molecular weight excluding hydrogens is 186 g/mol. The third kappa shape index (κ3) is 4.29. The van der Waals surface area contributed by atoms with Gasteiger partial charge in [-0.2, -0.15) is 0 Å². The van der Waals surface area contributed by atoms with Crippen molar-refractivity contribution in [3.63, 3.8) is 0 Å². The molecule has 1 aromatic carbocycles. The van der Waals surface area contributed by atoms with Crippen molar-refractivity contribution in [2.24, 2.45) is 0 Å². The third-order valence-corrected chi connectivity index (χ3v) is 1.47. The van der Waals surface area contributed by atoms with E-state index in [9.17, 15) is 0 Å². The average Bonchev–Trinajstić information content (AvgIpc) is 2.06. The Morgan fingerprint density at radius 3 is 2.46 bits per heavy atom. The van der Waals surface area contributed by atoms with Gasteiger partial charge in [-0.1, -0.05) is 11.6 Å². The Hall–Kier alpha value is -1.33. The number of nitrogens with two attached hydrogens (primary N) is 1. The topological polar surface area (TPSA) is 35.2 Å². The molecule has 0 unspecified atom stereocenters. The predicted molar refractivity (Wildman–Crippen MR) is 56.9 cm³/mol. The van der Waals surface area contributed by atoms with Crippen LogP contribution in [0.25, 0.3) is 0 Å². The first kappa shape index (κ1) is 11.7. The summed E-state index contributed by atoms with van der Waals surface area (Å²) in [4.78, 5) is 0. The number of hydrogen-bond donors (Lipinski definition) is 1. The SMILES string of the molecule is C#CC.COc1ccc(N)cc1Cl. The van der Waals surface area contributed by atoms with Crippen LogP contribution in [0.15, 0.2) is 18.2 Å². The monoisotopic (exact) mass is 197 g/mol. The van der Waals surface area contributed by atoms with Crippen molar-refractivity contribution < 1.29 is 4.74 Å². The van der Waals surface area contributed by atoms with Crippen LogP contribution < -0.4 is 10.5 Å². The van der Waals surface area contributed by atoms with E-state index in [1.165, 1.54) is 0 Å². The predicted octanol–water partition coefficient (Wildman–Crippen LogP) is 2.57. The molecule has 0 spiro atoms. The minimum atomic E-state index is 0.544. The number of nitrogen functional groups attached to an aromatic ring is 1. The summed E-state index contributed by atoms with van der Waals surface area (Å²) in [5.41, 5.74) is 6.09. The van der Waals surface area contributed by atoms with Crippen LogP contribution in [0.2, 0.25) is 5.02 Å². The summed E-state index contributed by atoms with van der Waals surface area (Å²) in [7, 11) is 1.57. The lowest BCUT2D eigenvalue weighted by Crippen LogP contribution is -1.87.